The maximum Gasteiger partial charge on any atom is 0.0489 e. The standard InChI is InChI=1S/C17H36N2O/c1-6-15(5)17-12-19(16(7-2)11-18-17)9-8-10-20-13-14(3)4/h14-18H,6-13H2,1-5H3. The fraction of sp³-hybridized carbons (Fsp3) is 1.00. The molecule has 0 bridgehead atoms. The molecule has 1 N–H and O–H groups in total. The van der Waals surface area contributed by atoms with Gasteiger partial charge in [0.1, 0.15) is 0 Å². The molecule has 3 unspecified atom stereocenters. The van der Waals surface area contributed by atoms with Gasteiger partial charge >= 0.3 is 0 Å². The molecule has 3 atom stereocenters. The number of nitrogens with one attached hydrogen (secondary N) is 1. The van der Waals surface area contributed by atoms with Crippen LogP contribution in [0.15, 0.2) is 0 Å². The summed E-state index contributed by atoms with van der Waals surface area (Å²) in [6.07, 6.45) is 3.67. The van der Waals surface area contributed by atoms with Crippen molar-refractivity contribution in [3.63, 3.8) is 0 Å². The minimum absolute atomic E-state index is 0.646. The summed E-state index contributed by atoms with van der Waals surface area (Å²) in [7, 11) is 0. The second kappa shape index (κ2) is 9.75. The van der Waals surface area contributed by atoms with Gasteiger partial charge in [0.25, 0.3) is 0 Å². The maximum absolute atomic E-state index is 5.71. The van der Waals surface area contributed by atoms with Crippen molar-refractivity contribution in [1.82, 2.24) is 10.2 Å². The first kappa shape index (κ1) is 17.9. The van der Waals surface area contributed by atoms with Crippen LogP contribution in [0.4, 0.5) is 0 Å². The predicted octanol–water partition coefficient (Wildman–Crippen LogP) is 3.15. The number of hydrogen-bond acceptors (Lipinski definition) is 3. The maximum atomic E-state index is 5.71. The first-order chi connectivity index (χ1) is 9.58. The summed E-state index contributed by atoms with van der Waals surface area (Å²) in [6.45, 7) is 16.7. The molecule has 1 aliphatic rings. The van der Waals surface area contributed by atoms with E-state index in [0.29, 0.717) is 18.0 Å². The molecule has 0 spiro atoms. The van der Waals surface area contributed by atoms with Crippen molar-refractivity contribution in [3.05, 3.63) is 0 Å². The summed E-state index contributed by atoms with van der Waals surface area (Å²) in [5, 5.41) is 3.74. The number of piperazine rings is 1. The lowest BCUT2D eigenvalue weighted by Gasteiger charge is -2.42. The molecule has 1 heterocycles. The summed E-state index contributed by atoms with van der Waals surface area (Å²) < 4.78 is 5.71. The molecule has 0 amide bonds. The first-order valence-electron chi connectivity index (χ1n) is 8.63. The topological polar surface area (TPSA) is 24.5 Å². The fourth-order valence-corrected chi connectivity index (χ4v) is 2.91. The van der Waals surface area contributed by atoms with Crippen LogP contribution in [0.3, 0.4) is 0 Å². The Balaban J connectivity index is 2.31. The lowest BCUT2D eigenvalue weighted by Crippen LogP contribution is -2.58. The molecular formula is C17H36N2O. The van der Waals surface area contributed by atoms with Gasteiger partial charge < -0.3 is 10.1 Å². The lowest BCUT2D eigenvalue weighted by atomic mass is 9.95. The van der Waals surface area contributed by atoms with Crippen molar-refractivity contribution in [3.8, 4) is 0 Å². The normalized spacial score (nSPS) is 26.1. The van der Waals surface area contributed by atoms with E-state index in [4.69, 9.17) is 4.74 Å². The summed E-state index contributed by atoms with van der Waals surface area (Å²) in [4.78, 5) is 2.69. The highest BCUT2D eigenvalue weighted by Crippen LogP contribution is 2.17. The molecular weight excluding hydrogens is 248 g/mol. The number of hydrogen-bond donors (Lipinski definition) is 1. The van der Waals surface area contributed by atoms with E-state index in [1.54, 1.807) is 0 Å². The molecule has 0 radical (unpaired) electrons. The van der Waals surface area contributed by atoms with Crippen molar-refractivity contribution < 1.29 is 4.74 Å². The largest absolute Gasteiger partial charge is 0.381 e. The van der Waals surface area contributed by atoms with Crippen LogP contribution in [0.25, 0.3) is 0 Å². The van der Waals surface area contributed by atoms with E-state index in [0.717, 1.165) is 32.1 Å². The summed E-state index contributed by atoms with van der Waals surface area (Å²) in [5.74, 6) is 1.42. The quantitative estimate of drug-likeness (QED) is 0.658. The monoisotopic (exact) mass is 284 g/mol. The minimum atomic E-state index is 0.646. The zero-order valence-corrected chi connectivity index (χ0v) is 14.3. The van der Waals surface area contributed by atoms with Crippen molar-refractivity contribution in [1.29, 1.82) is 0 Å². The molecule has 0 aliphatic carbocycles. The third-order valence-corrected chi connectivity index (χ3v) is 4.55. The van der Waals surface area contributed by atoms with Gasteiger partial charge in [0.15, 0.2) is 0 Å². The third kappa shape index (κ3) is 6.11. The van der Waals surface area contributed by atoms with Crippen LogP contribution in [-0.4, -0.2) is 49.8 Å². The van der Waals surface area contributed by atoms with Crippen LogP contribution in [0, 0.1) is 11.8 Å². The number of nitrogens with zero attached hydrogens (tertiary/aromatic N) is 1. The molecule has 0 aromatic rings. The Hall–Kier alpha value is -0.120. The Morgan fingerprint density at radius 3 is 2.60 bits per heavy atom. The highest BCUT2D eigenvalue weighted by atomic mass is 16.5. The number of rotatable bonds is 9. The zero-order valence-electron chi connectivity index (χ0n) is 14.3. The van der Waals surface area contributed by atoms with Gasteiger partial charge in [0.2, 0.25) is 0 Å². The van der Waals surface area contributed by atoms with Gasteiger partial charge in [0.05, 0.1) is 0 Å². The Morgan fingerprint density at radius 1 is 1.25 bits per heavy atom. The van der Waals surface area contributed by atoms with Gasteiger partial charge in [-0.1, -0.05) is 41.0 Å². The van der Waals surface area contributed by atoms with Crippen molar-refractivity contribution in [2.24, 2.45) is 11.8 Å². The molecule has 1 saturated heterocycles. The van der Waals surface area contributed by atoms with E-state index in [1.165, 1.54) is 25.9 Å². The van der Waals surface area contributed by atoms with Crippen molar-refractivity contribution in [2.75, 3.05) is 32.8 Å². The Bertz CT molecular complexity index is 245. The van der Waals surface area contributed by atoms with E-state index in [-0.39, 0.29) is 0 Å². The van der Waals surface area contributed by atoms with Crippen LogP contribution in [-0.2, 0) is 4.74 Å². The second-order valence-corrected chi connectivity index (χ2v) is 6.78. The van der Waals surface area contributed by atoms with E-state index < -0.39 is 0 Å². The van der Waals surface area contributed by atoms with Crippen LogP contribution in [0.5, 0.6) is 0 Å². The molecule has 0 aromatic heterocycles. The molecule has 0 saturated carbocycles. The Labute approximate surface area is 126 Å². The van der Waals surface area contributed by atoms with Crippen LogP contribution in [0.1, 0.15) is 53.9 Å². The molecule has 20 heavy (non-hydrogen) atoms. The van der Waals surface area contributed by atoms with Crippen LogP contribution >= 0.6 is 0 Å². The lowest BCUT2D eigenvalue weighted by molar-refractivity contribution is 0.0727. The van der Waals surface area contributed by atoms with Crippen LogP contribution in [0.2, 0.25) is 0 Å². The highest BCUT2D eigenvalue weighted by Gasteiger charge is 2.28. The van der Waals surface area contributed by atoms with Gasteiger partial charge in [0, 0.05) is 44.9 Å². The summed E-state index contributed by atoms with van der Waals surface area (Å²) in [5.41, 5.74) is 0. The van der Waals surface area contributed by atoms with Gasteiger partial charge in [-0.05, 0) is 24.7 Å². The van der Waals surface area contributed by atoms with Gasteiger partial charge in [-0.15, -0.1) is 0 Å². The molecule has 0 aromatic carbocycles. The molecule has 3 nitrogen and oxygen atoms in total. The molecule has 3 heteroatoms. The molecule has 1 fully saturated rings. The Kier molecular flexibility index (Phi) is 8.74. The fourth-order valence-electron chi connectivity index (χ4n) is 2.91. The minimum Gasteiger partial charge on any atom is -0.381 e. The number of ether oxygens (including phenoxy) is 1. The molecule has 120 valence electrons. The van der Waals surface area contributed by atoms with E-state index >= 15 is 0 Å². The van der Waals surface area contributed by atoms with Gasteiger partial charge in [-0.25, -0.2) is 0 Å². The summed E-state index contributed by atoms with van der Waals surface area (Å²) >= 11 is 0. The van der Waals surface area contributed by atoms with E-state index in [9.17, 15) is 0 Å². The molecule has 1 rings (SSSR count). The van der Waals surface area contributed by atoms with Crippen molar-refractivity contribution >= 4 is 0 Å². The highest BCUT2D eigenvalue weighted by molar-refractivity contribution is 4.87. The summed E-state index contributed by atoms with van der Waals surface area (Å²) in [6, 6.07) is 1.37. The van der Waals surface area contributed by atoms with Crippen molar-refractivity contribution in [2.45, 2.75) is 66.0 Å². The first-order valence-corrected chi connectivity index (χ1v) is 8.63. The smallest absolute Gasteiger partial charge is 0.0489 e. The van der Waals surface area contributed by atoms with Crippen LogP contribution < -0.4 is 5.32 Å². The SMILES string of the molecule is CCC(C)C1CN(CCCOCC(C)C)C(CC)CN1. The average molecular weight is 284 g/mol. The van der Waals surface area contributed by atoms with E-state index in [1.807, 2.05) is 0 Å². The van der Waals surface area contributed by atoms with Gasteiger partial charge in [-0.2, -0.15) is 0 Å². The zero-order chi connectivity index (χ0) is 15.0. The van der Waals surface area contributed by atoms with Gasteiger partial charge in [-0.3, -0.25) is 4.90 Å². The Morgan fingerprint density at radius 2 is 2.00 bits per heavy atom. The second-order valence-electron chi connectivity index (χ2n) is 6.78. The average Bonchev–Trinajstić information content (AvgIpc) is 2.45. The third-order valence-electron chi connectivity index (χ3n) is 4.55. The molecule has 1 aliphatic heterocycles. The predicted molar refractivity (Wildman–Crippen MR) is 87.2 cm³/mol. The van der Waals surface area contributed by atoms with E-state index in [2.05, 4.69) is 44.8 Å².